The van der Waals surface area contributed by atoms with Gasteiger partial charge in [0.1, 0.15) is 0 Å². The van der Waals surface area contributed by atoms with Gasteiger partial charge in [-0.15, -0.1) is 0 Å². The topological polar surface area (TPSA) is 42.2 Å². The highest BCUT2D eigenvalue weighted by atomic mass is 15.1. The zero-order valence-corrected chi connectivity index (χ0v) is 10.1. The number of hydrogen-bond acceptors (Lipinski definition) is 3. The molecule has 0 fully saturated rings. The molecule has 84 valence electrons. The molecule has 0 bridgehead atoms. The summed E-state index contributed by atoms with van der Waals surface area (Å²) in [7, 11) is 2.08. The molecule has 3 heteroatoms. The highest BCUT2D eigenvalue weighted by Gasteiger charge is 2.15. The summed E-state index contributed by atoms with van der Waals surface area (Å²) in [5, 5.41) is 0. The highest BCUT2D eigenvalue weighted by Crippen LogP contribution is 2.22. The van der Waals surface area contributed by atoms with Crippen molar-refractivity contribution in [2.24, 2.45) is 11.1 Å². The van der Waals surface area contributed by atoms with E-state index in [-0.39, 0.29) is 5.41 Å². The van der Waals surface area contributed by atoms with Crippen LogP contribution in [-0.2, 0) is 6.54 Å². The smallest absolute Gasteiger partial charge is 0.0595 e. The monoisotopic (exact) mass is 207 g/mol. The standard InChI is InChI=1S/C12H21N3/c1-12(2,3)9-15(4)11-8-14-6-5-10(11)7-13/h5-6,8H,7,9,13H2,1-4H3. The van der Waals surface area contributed by atoms with Crippen LogP contribution in [0.25, 0.3) is 0 Å². The molecule has 0 aliphatic heterocycles. The number of anilines is 1. The quantitative estimate of drug-likeness (QED) is 0.824. The van der Waals surface area contributed by atoms with Gasteiger partial charge in [-0.05, 0) is 17.0 Å². The van der Waals surface area contributed by atoms with Gasteiger partial charge in [0.2, 0.25) is 0 Å². The minimum atomic E-state index is 0.274. The molecule has 1 aromatic rings. The number of nitrogens with zero attached hydrogens (tertiary/aromatic N) is 2. The molecule has 0 saturated heterocycles. The molecule has 1 rings (SSSR count). The Morgan fingerprint density at radius 3 is 2.60 bits per heavy atom. The minimum absolute atomic E-state index is 0.274. The molecule has 0 atom stereocenters. The van der Waals surface area contributed by atoms with Gasteiger partial charge in [-0.1, -0.05) is 20.8 Å². The molecule has 0 saturated carbocycles. The third-order valence-electron chi connectivity index (χ3n) is 2.23. The van der Waals surface area contributed by atoms with E-state index in [1.54, 1.807) is 6.20 Å². The second-order valence-corrected chi connectivity index (χ2v) is 5.13. The maximum absolute atomic E-state index is 5.70. The average Bonchev–Trinajstić information content (AvgIpc) is 2.15. The van der Waals surface area contributed by atoms with Gasteiger partial charge in [0.05, 0.1) is 11.9 Å². The molecular formula is C12H21N3. The average molecular weight is 207 g/mol. The molecule has 0 unspecified atom stereocenters. The first-order chi connectivity index (χ1) is 6.94. The molecule has 0 aromatic carbocycles. The zero-order chi connectivity index (χ0) is 11.5. The molecule has 0 aliphatic carbocycles. The summed E-state index contributed by atoms with van der Waals surface area (Å²) < 4.78 is 0. The molecule has 0 radical (unpaired) electrons. The largest absolute Gasteiger partial charge is 0.373 e. The second-order valence-electron chi connectivity index (χ2n) is 5.13. The summed E-state index contributed by atoms with van der Waals surface area (Å²) in [6.07, 6.45) is 3.67. The second kappa shape index (κ2) is 4.62. The van der Waals surface area contributed by atoms with Crippen molar-refractivity contribution in [3.8, 4) is 0 Å². The zero-order valence-electron chi connectivity index (χ0n) is 10.1. The van der Waals surface area contributed by atoms with E-state index in [1.165, 1.54) is 0 Å². The lowest BCUT2D eigenvalue weighted by Gasteiger charge is -2.29. The number of pyridine rings is 1. The van der Waals surface area contributed by atoms with Gasteiger partial charge in [-0.25, -0.2) is 0 Å². The highest BCUT2D eigenvalue weighted by molar-refractivity contribution is 5.51. The van der Waals surface area contributed by atoms with Crippen LogP contribution in [0.15, 0.2) is 18.5 Å². The van der Waals surface area contributed by atoms with Gasteiger partial charge in [0.25, 0.3) is 0 Å². The predicted molar refractivity (Wildman–Crippen MR) is 64.9 cm³/mol. The summed E-state index contributed by atoms with van der Waals surface area (Å²) in [6.45, 7) is 8.23. The van der Waals surface area contributed by atoms with E-state index in [9.17, 15) is 0 Å². The van der Waals surface area contributed by atoms with Gasteiger partial charge in [-0.3, -0.25) is 4.98 Å². The maximum Gasteiger partial charge on any atom is 0.0595 e. The van der Waals surface area contributed by atoms with Gasteiger partial charge in [-0.2, -0.15) is 0 Å². The van der Waals surface area contributed by atoms with E-state index in [0.717, 1.165) is 17.8 Å². The Morgan fingerprint density at radius 2 is 2.07 bits per heavy atom. The van der Waals surface area contributed by atoms with Crippen molar-refractivity contribution in [1.29, 1.82) is 0 Å². The van der Waals surface area contributed by atoms with E-state index in [2.05, 4.69) is 37.7 Å². The van der Waals surface area contributed by atoms with Crippen molar-refractivity contribution in [2.75, 3.05) is 18.5 Å². The van der Waals surface area contributed by atoms with E-state index >= 15 is 0 Å². The minimum Gasteiger partial charge on any atom is -0.373 e. The normalized spacial score (nSPS) is 11.5. The van der Waals surface area contributed by atoms with E-state index < -0.39 is 0 Å². The fourth-order valence-electron chi connectivity index (χ4n) is 1.73. The maximum atomic E-state index is 5.70. The van der Waals surface area contributed by atoms with Crippen molar-refractivity contribution < 1.29 is 0 Å². The van der Waals surface area contributed by atoms with Crippen LogP contribution in [0.5, 0.6) is 0 Å². The van der Waals surface area contributed by atoms with Crippen molar-refractivity contribution in [2.45, 2.75) is 27.3 Å². The van der Waals surface area contributed by atoms with Crippen molar-refractivity contribution >= 4 is 5.69 Å². The summed E-state index contributed by atoms with van der Waals surface area (Å²) >= 11 is 0. The van der Waals surface area contributed by atoms with Gasteiger partial charge < -0.3 is 10.6 Å². The molecule has 1 aromatic heterocycles. The third kappa shape index (κ3) is 3.51. The molecule has 2 N–H and O–H groups in total. The molecule has 0 spiro atoms. The van der Waals surface area contributed by atoms with Gasteiger partial charge in [0.15, 0.2) is 0 Å². The molecule has 3 nitrogen and oxygen atoms in total. The fourth-order valence-corrected chi connectivity index (χ4v) is 1.73. The van der Waals surface area contributed by atoms with Gasteiger partial charge in [0, 0.05) is 26.3 Å². The number of aromatic nitrogens is 1. The van der Waals surface area contributed by atoms with Crippen LogP contribution in [0.2, 0.25) is 0 Å². The summed E-state index contributed by atoms with van der Waals surface area (Å²) in [5.41, 5.74) is 8.26. The van der Waals surface area contributed by atoms with Crippen LogP contribution in [0.3, 0.4) is 0 Å². The number of rotatable bonds is 3. The van der Waals surface area contributed by atoms with E-state index in [4.69, 9.17) is 5.73 Å². The fraction of sp³-hybridized carbons (Fsp3) is 0.583. The first kappa shape index (κ1) is 12.0. The molecule has 0 amide bonds. The lowest BCUT2D eigenvalue weighted by Crippen LogP contribution is -2.30. The molecule has 15 heavy (non-hydrogen) atoms. The van der Waals surface area contributed by atoms with E-state index in [0.29, 0.717) is 6.54 Å². The lowest BCUT2D eigenvalue weighted by molar-refractivity contribution is 0.418. The predicted octanol–water partition coefficient (Wildman–Crippen LogP) is 2.02. The number of nitrogens with two attached hydrogens (primary N) is 1. The number of hydrogen-bond donors (Lipinski definition) is 1. The van der Waals surface area contributed by atoms with Crippen molar-refractivity contribution in [3.05, 3.63) is 24.0 Å². The van der Waals surface area contributed by atoms with Crippen molar-refractivity contribution in [3.63, 3.8) is 0 Å². The Labute approximate surface area is 92.3 Å². The SMILES string of the molecule is CN(CC(C)(C)C)c1cnccc1CN. The Balaban J connectivity index is 2.86. The Hall–Kier alpha value is -1.09. The first-order valence-corrected chi connectivity index (χ1v) is 5.28. The van der Waals surface area contributed by atoms with Crippen LogP contribution < -0.4 is 10.6 Å². The molecular weight excluding hydrogens is 186 g/mol. The molecule has 0 aliphatic rings. The van der Waals surface area contributed by atoms with Crippen LogP contribution in [0.1, 0.15) is 26.3 Å². The van der Waals surface area contributed by atoms with E-state index in [1.807, 2.05) is 12.3 Å². The Kier molecular flexibility index (Phi) is 3.69. The van der Waals surface area contributed by atoms with Crippen LogP contribution in [0.4, 0.5) is 5.69 Å². The van der Waals surface area contributed by atoms with Crippen molar-refractivity contribution in [1.82, 2.24) is 4.98 Å². The third-order valence-corrected chi connectivity index (χ3v) is 2.23. The molecule has 1 heterocycles. The van der Waals surface area contributed by atoms with Crippen LogP contribution >= 0.6 is 0 Å². The lowest BCUT2D eigenvalue weighted by atomic mass is 9.96. The summed E-state index contributed by atoms with van der Waals surface area (Å²) in [4.78, 5) is 6.36. The first-order valence-electron chi connectivity index (χ1n) is 5.28. The summed E-state index contributed by atoms with van der Waals surface area (Å²) in [5.74, 6) is 0. The Bertz CT molecular complexity index is 315. The van der Waals surface area contributed by atoms with Crippen LogP contribution in [-0.4, -0.2) is 18.6 Å². The van der Waals surface area contributed by atoms with Gasteiger partial charge >= 0.3 is 0 Å². The Morgan fingerprint density at radius 1 is 1.40 bits per heavy atom. The van der Waals surface area contributed by atoms with Crippen LogP contribution in [0, 0.1) is 5.41 Å². The summed E-state index contributed by atoms with van der Waals surface area (Å²) in [6, 6.07) is 1.98.